The van der Waals surface area contributed by atoms with Gasteiger partial charge in [0.15, 0.2) is 0 Å². The highest BCUT2D eigenvalue weighted by atomic mass is 32.1. The lowest BCUT2D eigenvalue weighted by molar-refractivity contribution is 0.572. The van der Waals surface area contributed by atoms with Gasteiger partial charge in [0.25, 0.3) is 0 Å². The van der Waals surface area contributed by atoms with Gasteiger partial charge in [0.05, 0.1) is 16.6 Å². The lowest BCUT2D eigenvalue weighted by Gasteiger charge is -1.87. The van der Waals surface area contributed by atoms with E-state index in [1.54, 1.807) is 12.5 Å². The average molecular weight is 193 g/mol. The smallest absolute Gasteiger partial charge is 0.246 e. The third-order valence-corrected chi connectivity index (χ3v) is 2.43. The van der Waals surface area contributed by atoms with Crippen LogP contribution in [0.5, 0.6) is 0 Å². The van der Waals surface area contributed by atoms with Crippen LogP contribution in [0, 0.1) is 5.38 Å². The summed E-state index contributed by atoms with van der Waals surface area (Å²) in [6, 6.07) is 0. The molecule has 3 nitrogen and oxygen atoms in total. The molecule has 0 aliphatic carbocycles. The van der Waals surface area contributed by atoms with Crippen LogP contribution in [0.25, 0.3) is 11.6 Å². The Balaban J connectivity index is 2.23. The molecule has 0 bridgehead atoms. The van der Waals surface area contributed by atoms with Crippen molar-refractivity contribution in [3.8, 4) is 11.6 Å². The number of hydrogen-bond acceptors (Lipinski definition) is 4. The van der Waals surface area contributed by atoms with Gasteiger partial charge in [0.1, 0.15) is 12.0 Å². The molecule has 4 heteroatoms. The normalized spacial score (nSPS) is 10.5. The second kappa shape index (κ2) is 3.70. The summed E-state index contributed by atoms with van der Waals surface area (Å²) in [7, 11) is 0. The van der Waals surface area contributed by atoms with Crippen LogP contribution in [0.4, 0.5) is 0 Å². The number of rotatable bonds is 3. The summed E-state index contributed by atoms with van der Waals surface area (Å²) in [5, 5.41) is 4.16. The van der Waals surface area contributed by atoms with Crippen molar-refractivity contribution >= 4 is 11.3 Å². The lowest BCUT2D eigenvalue weighted by Crippen LogP contribution is -1.82. The third-order valence-electron chi connectivity index (χ3n) is 1.60. The van der Waals surface area contributed by atoms with Gasteiger partial charge >= 0.3 is 0 Å². The number of hydrogen-bond donors (Lipinski definition) is 0. The van der Waals surface area contributed by atoms with E-state index in [1.807, 2.05) is 0 Å². The van der Waals surface area contributed by atoms with Gasteiger partial charge < -0.3 is 4.42 Å². The topological polar surface area (TPSA) is 38.9 Å². The first-order chi connectivity index (χ1) is 6.40. The molecule has 2 heterocycles. The summed E-state index contributed by atoms with van der Waals surface area (Å²) < 4.78 is 5.11. The summed E-state index contributed by atoms with van der Waals surface area (Å²) in [5.74, 6) is 0.554. The highest BCUT2D eigenvalue weighted by Crippen LogP contribution is 2.19. The molecule has 0 N–H and O–H groups in total. The van der Waals surface area contributed by atoms with E-state index >= 15 is 0 Å². The van der Waals surface area contributed by atoms with Gasteiger partial charge in [0, 0.05) is 0 Å². The Morgan fingerprint density at radius 1 is 1.62 bits per heavy atom. The molecule has 0 aliphatic heterocycles. The predicted octanol–water partition coefficient (Wildman–Crippen LogP) is 2.55. The molecule has 0 aromatic carbocycles. The van der Waals surface area contributed by atoms with Gasteiger partial charge in [-0.25, -0.2) is 9.97 Å². The molecular formula is C9H9N2OS. The molecular weight excluding hydrogens is 184 g/mol. The lowest BCUT2D eigenvalue weighted by atomic mass is 10.3. The Morgan fingerprint density at radius 2 is 2.54 bits per heavy atom. The maximum absolute atomic E-state index is 5.11. The van der Waals surface area contributed by atoms with E-state index < -0.39 is 0 Å². The van der Waals surface area contributed by atoms with Gasteiger partial charge in [-0.2, -0.15) is 0 Å². The highest BCUT2D eigenvalue weighted by Gasteiger charge is 2.07. The van der Waals surface area contributed by atoms with Crippen molar-refractivity contribution in [2.75, 3.05) is 0 Å². The highest BCUT2D eigenvalue weighted by molar-refractivity contribution is 7.09. The van der Waals surface area contributed by atoms with Crippen LogP contribution < -0.4 is 0 Å². The Hall–Kier alpha value is -1.16. The van der Waals surface area contributed by atoms with E-state index in [1.165, 1.54) is 11.3 Å². The van der Waals surface area contributed by atoms with Crippen molar-refractivity contribution in [1.29, 1.82) is 0 Å². The molecule has 0 spiro atoms. The van der Waals surface area contributed by atoms with Crippen LogP contribution in [0.2, 0.25) is 0 Å². The maximum atomic E-state index is 5.11. The van der Waals surface area contributed by atoms with Gasteiger partial charge in [-0.05, 0) is 12.8 Å². The van der Waals surface area contributed by atoms with Crippen LogP contribution in [-0.4, -0.2) is 9.97 Å². The molecule has 2 aromatic heterocycles. The number of nitrogens with zero attached hydrogens (tertiary/aromatic N) is 2. The van der Waals surface area contributed by atoms with Gasteiger partial charge in [0.2, 0.25) is 5.89 Å². The molecule has 2 aromatic rings. The van der Waals surface area contributed by atoms with Crippen molar-refractivity contribution < 1.29 is 4.42 Å². The molecule has 1 radical (unpaired) electrons. The first kappa shape index (κ1) is 8.44. The van der Waals surface area contributed by atoms with Gasteiger partial charge in [-0.15, -0.1) is 11.3 Å². The van der Waals surface area contributed by atoms with Crippen molar-refractivity contribution in [2.24, 2.45) is 0 Å². The standard InChI is InChI=1S/C9H9N2OS/c1-2-3-8-11-7(6-13-8)9-10-4-5-12-9/h4-5H,2-3H2,1H3. The molecule has 0 fully saturated rings. The fourth-order valence-electron chi connectivity index (χ4n) is 1.03. The fourth-order valence-corrected chi connectivity index (χ4v) is 1.82. The van der Waals surface area contributed by atoms with E-state index in [2.05, 4.69) is 22.3 Å². The van der Waals surface area contributed by atoms with Crippen molar-refractivity contribution in [1.82, 2.24) is 9.97 Å². The zero-order chi connectivity index (χ0) is 9.10. The van der Waals surface area contributed by atoms with Crippen LogP contribution in [-0.2, 0) is 6.42 Å². The summed E-state index contributed by atoms with van der Waals surface area (Å²) in [6.07, 6.45) is 5.26. The first-order valence-corrected chi connectivity index (χ1v) is 4.99. The summed E-state index contributed by atoms with van der Waals surface area (Å²) in [5.41, 5.74) is 0.721. The minimum atomic E-state index is 0.554. The minimum Gasteiger partial charge on any atom is -0.443 e. The number of aryl methyl sites for hydroxylation is 1. The largest absolute Gasteiger partial charge is 0.443 e. The maximum Gasteiger partial charge on any atom is 0.246 e. The minimum absolute atomic E-state index is 0.554. The molecule has 2 rings (SSSR count). The quantitative estimate of drug-likeness (QED) is 0.752. The van der Waals surface area contributed by atoms with E-state index in [0.29, 0.717) is 5.89 Å². The van der Waals surface area contributed by atoms with Crippen LogP contribution in [0.15, 0.2) is 16.9 Å². The Morgan fingerprint density at radius 3 is 3.23 bits per heavy atom. The zero-order valence-corrected chi connectivity index (χ0v) is 8.10. The molecule has 0 amide bonds. The molecule has 0 saturated heterocycles. The van der Waals surface area contributed by atoms with Crippen molar-refractivity contribution in [3.63, 3.8) is 0 Å². The molecule has 13 heavy (non-hydrogen) atoms. The molecule has 0 atom stereocenters. The van der Waals surface area contributed by atoms with E-state index in [9.17, 15) is 0 Å². The molecule has 0 aliphatic rings. The molecule has 0 unspecified atom stereocenters. The number of oxazole rings is 1. The zero-order valence-electron chi connectivity index (χ0n) is 7.28. The number of thiazole rings is 1. The van der Waals surface area contributed by atoms with Gasteiger partial charge in [-0.1, -0.05) is 6.92 Å². The van der Waals surface area contributed by atoms with Crippen molar-refractivity contribution in [2.45, 2.75) is 19.8 Å². The van der Waals surface area contributed by atoms with Crippen LogP contribution in [0.1, 0.15) is 18.4 Å². The van der Waals surface area contributed by atoms with E-state index in [4.69, 9.17) is 4.42 Å². The fraction of sp³-hybridized carbons (Fsp3) is 0.333. The van der Waals surface area contributed by atoms with Crippen molar-refractivity contribution in [3.05, 3.63) is 22.8 Å². The van der Waals surface area contributed by atoms with Crippen LogP contribution >= 0.6 is 11.3 Å². The predicted molar refractivity (Wildman–Crippen MR) is 50.4 cm³/mol. The second-order valence-corrected chi connectivity index (χ2v) is 3.53. The second-order valence-electron chi connectivity index (χ2n) is 2.65. The van der Waals surface area contributed by atoms with Crippen LogP contribution in [0.3, 0.4) is 0 Å². The molecule has 67 valence electrons. The summed E-state index contributed by atoms with van der Waals surface area (Å²) >= 11 is 1.54. The Bertz CT molecular complexity index is 367. The van der Waals surface area contributed by atoms with E-state index in [0.717, 1.165) is 23.5 Å². The summed E-state index contributed by atoms with van der Waals surface area (Å²) in [6.45, 7) is 2.13. The Labute approximate surface area is 80.5 Å². The first-order valence-electron chi connectivity index (χ1n) is 4.17. The SMILES string of the molecule is CCCc1nc(-c2ncco2)[c]s1. The van der Waals surface area contributed by atoms with E-state index in [-0.39, 0.29) is 0 Å². The third kappa shape index (κ3) is 1.78. The average Bonchev–Trinajstić information content (AvgIpc) is 2.70. The number of aromatic nitrogens is 2. The molecule has 0 saturated carbocycles. The van der Waals surface area contributed by atoms with Gasteiger partial charge in [-0.3, -0.25) is 0 Å². The Kier molecular flexibility index (Phi) is 2.40. The monoisotopic (exact) mass is 193 g/mol. The summed E-state index contributed by atoms with van der Waals surface area (Å²) in [4.78, 5) is 8.36.